The van der Waals surface area contributed by atoms with Crippen LogP contribution in [-0.4, -0.2) is 19.1 Å². The van der Waals surface area contributed by atoms with Gasteiger partial charge in [-0.05, 0) is 48.6 Å². The van der Waals surface area contributed by atoms with Crippen molar-refractivity contribution >= 4 is 5.91 Å². The van der Waals surface area contributed by atoms with Gasteiger partial charge in [-0.2, -0.15) is 0 Å². The van der Waals surface area contributed by atoms with Crippen molar-refractivity contribution in [2.75, 3.05) is 7.11 Å². The minimum absolute atomic E-state index is 0.0165. The van der Waals surface area contributed by atoms with Gasteiger partial charge in [0.2, 0.25) is 0 Å². The molecule has 0 unspecified atom stereocenters. The number of rotatable bonds is 9. The Morgan fingerprint density at radius 3 is 2.15 bits per heavy atom. The Labute approximate surface area is 156 Å². The van der Waals surface area contributed by atoms with Gasteiger partial charge in [-0.1, -0.05) is 51.1 Å². The van der Waals surface area contributed by atoms with E-state index >= 15 is 0 Å². The van der Waals surface area contributed by atoms with Crippen LogP contribution in [-0.2, 0) is 4.79 Å². The van der Waals surface area contributed by atoms with Crippen molar-refractivity contribution in [3.05, 3.63) is 60.2 Å². The average Bonchev–Trinajstić information content (AvgIpc) is 2.66. The van der Waals surface area contributed by atoms with Gasteiger partial charge in [0.15, 0.2) is 6.10 Å². The van der Waals surface area contributed by atoms with Crippen LogP contribution in [0.4, 0.5) is 0 Å². The molecule has 2 atom stereocenters. The SMILES string of the molecule is CC[C@@H](Oc1ccc(OC)cc1)C(=O)N[C@@H](CC(C)C)c1ccccc1. The van der Waals surface area contributed by atoms with Crippen molar-refractivity contribution in [3.8, 4) is 11.5 Å². The molecule has 2 aromatic carbocycles. The van der Waals surface area contributed by atoms with Crippen molar-refractivity contribution in [1.29, 1.82) is 0 Å². The summed E-state index contributed by atoms with van der Waals surface area (Å²) < 4.78 is 11.1. The molecule has 1 N–H and O–H groups in total. The Hall–Kier alpha value is -2.49. The highest BCUT2D eigenvalue weighted by Crippen LogP contribution is 2.23. The number of ether oxygens (including phenoxy) is 2. The number of carbonyl (C=O) groups excluding carboxylic acids is 1. The Morgan fingerprint density at radius 1 is 1.00 bits per heavy atom. The molecule has 1 amide bonds. The summed E-state index contributed by atoms with van der Waals surface area (Å²) in [6.07, 6.45) is 0.956. The lowest BCUT2D eigenvalue weighted by molar-refractivity contribution is -0.129. The fraction of sp³-hybridized carbons (Fsp3) is 0.409. The van der Waals surface area contributed by atoms with E-state index in [1.807, 2.05) is 49.4 Å². The first-order valence-corrected chi connectivity index (χ1v) is 9.19. The van der Waals surface area contributed by atoms with Gasteiger partial charge in [-0.3, -0.25) is 4.79 Å². The van der Waals surface area contributed by atoms with E-state index in [1.54, 1.807) is 7.11 Å². The zero-order valence-corrected chi connectivity index (χ0v) is 16.1. The van der Waals surface area contributed by atoms with Crippen molar-refractivity contribution < 1.29 is 14.3 Å². The predicted octanol–water partition coefficient (Wildman–Crippen LogP) is 4.76. The molecule has 0 spiro atoms. The Morgan fingerprint density at radius 2 is 1.62 bits per heavy atom. The molecule has 0 fully saturated rings. The van der Waals surface area contributed by atoms with Crippen LogP contribution >= 0.6 is 0 Å². The van der Waals surface area contributed by atoms with Crippen molar-refractivity contribution in [3.63, 3.8) is 0 Å². The monoisotopic (exact) mass is 355 g/mol. The maximum atomic E-state index is 12.8. The molecule has 0 bridgehead atoms. The predicted molar refractivity (Wildman–Crippen MR) is 104 cm³/mol. The second-order valence-corrected chi connectivity index (χ2v) is 6.79. The molecule has 0 radical (unpaired) electrons. The van der Waals surface area contributed by atoms with Crippen LogP contribution in [0.5, 0.6) is 11.5 Å². The van der Waals surface area contributed by atoms with Gasteiger partial charge in [0.1, 0.15) is 11.5 Å². The van der Waals surface area contributed by atoms with Gasteiger partial charge < -0.3 is 14.8 Å². The molecule has 4 nitrogen and oxygen atoms in total. The first-order chi connectivity index (χ1) is 12.5. The third kappa shape index (κ3) is 5.80. The van der Waals surface area contributed by atoms with Gasteiger partial charge in [0.05, 0.1) is 13.2 Å². The van der Waals surface area contributed by atoms with Crippen LogP contribution in [0.25, 0.3) is 0 Å². The van der Waals surface area contributed by atoms with E-state index in [0.29, 0.717) is 18.1 Å². The number of amides is 1. The van der Waals surface area contributed by atoms with E-state index in [2.05, 4.69) is 31.3 Å². The Balaban J connectivity index is 2.07. The molecule has 0 saturated heterocycles. The summed E-state index contributed by atoms with van der Waals surface area (Å²) in [4.78, 5) is 12.8. The van der Waals surface area contributed by atoms with E-state index in [9.17, 15) is 4.79 Å². The third-order valence-corrected chi connectivity index (χ3v) is 4.23. The van der Waals surface area contributed by atoms with Crippen LogP contribution in [0.1, 0.15) is 45.2 Å². The maximum absolute atomic E-state index is 12.8. The topological polar surface area (TPSA) is 47.6 Å². The van der Waals surface area contributed by atoms with Crippen molar-refractivity contribution in [2.45, 2.75) is 45.8 Å². The standard InChI is InChI=1S/C22H29NO3/c1-5-21(26-19-13-11-18(25-4)12-14-19)22(24)23-20(15-16(2)3)17-9-7-6-8-10-17/h6-14,16,20-21H,5,15H2,1-4H3,(H,23,24)/t20-,21+/m0/s1. The number of benzene rings is 2. The lowest BCUT2D eigenvalue weighted by Crippen LogP contribution is -2.40. The lowest BCUT2D eigenvalue weighted by Gasteiger charge is -2.24. The molecule has 4 heteroatoms. The van der Waals surface area contributed by atoms with Gasteiger partial charge >= 0.3 is 0 Å². The summed E-state index contributed by atoms with van der Waals surface area (Å²) in [5.41, 5.74) is 1.12. The van der Waals surface area contributed by atoms with Gasteiger partial charge in [0, 0.05) is 0 Å². The van der Waals surface area contributed by atoms with E-state index in [4.69, 9.17) is 9.47 Å². The molecule has 140 valence electrons. The summed E-state index contributed by atoms with van der Waals surface area (Å²) in [6.45, 7) is 6.27. The summed E-state index contributed by atoms with van der Waals surface area (Å²) in [5, 5.41) is 3.17. The van der Waals surface area contributed by atoms with E-state index in [-0.39, 0.29) is 11.9 Å². The highest BCUT2D eigenvalue weighted by Gasteiger charge is 2.23. The highest BCUT2D eigenvalue weighted by atomic mass is 16.5. The number of nitrogens with one attached hydrogen (secondary N) is 1. The number of methoxy groups -OCH3 is 1. The fourth-order valence-electron chi connectivity index (χ4n) is 2.84. The zero-order chi connectivity index (χ0) is 18.9. The first-order valence-electron chi connectivity index (χ1n) is 9.19. The second-order valence-electron chi connectivity index (χ2n) is 6.79. The fourth-order valence-corrected chi connectivity index (χ4v) is 2.84. The molecule has 0 aliphatic heterocycles. The van der Waals surface area contributed by atoms with Gasteiger partial charge in [-0.25, -0.2) is 0 Å². The molecule has 0 aliphatic carbocycles. The van der Waals surface area contributed by atoms with Crippen LogP contribution in [0.2, 0.25) is 0 Å². The van der Waals surface area contributed by atoms with Crippen LogP contribution in [0.3, 0.4) is 0 Å². The highest BCUT2D eigenvalue weighted by molar-refractivity contribution is 5.81. The quantitative estimate of drug-likeness (QED) is 0.706. The molecule has 0 aromatic heterocycles. The molecule has 0 heterocycles. The van der Waals surface area contributed by atoms with E-state index in [0.717, 1.165) is 17.7 Å². The first kappa shape index (κ1) is 19.8. The van der Waals surface area contributed by atoms with Gasteiger partial charge in [0.25, 0.3) is 5.91 Å². The van der Waals surface area contributed by atoms with Crippen LogP contribution < -0.4 is 14.8 Å². The summed E-state index contributed by atoms with van der Waals surface area (Å²) in [6, 6.07) is 17.4. The number of hydrogen-bond donors (Lipinski definition) is 1. The third-order valence-electron chi connectivity index (χ3n) is 4.23. The summed E-state index contributed by atoms with van der Waals surface area (Å²) in [5.74, 6) is 1.81. The molecule has 2 aromatic rings. The number of carbonyl (C=O) groups is 1. The van der Waals surface area contributed by atoms with Crippen molar-refractivity contribution in [2.24, 2.45) is 5.92 Å². The smallest absolute Gasteiger partial charge is 0.261 e. The van der Waals surface area contributed by atoms with Crippen LogP contribution in [0.15, 0.2) is 54.6 Å². The molecule has 0 saturated carbocycles. The van der Waals surface area contributed by atoms with Crippen LogP contribution in [0, 0.1) is 5.92 Å². The molecular weight excluding hydrogens is 326 g/mol. The minimum Gasteiger partial charge on any atom is -0.497 e. The molecular formula is C22H29NO3. The maximum Gasteiger partial charge on any atom is 0.261 e. The minimum atomic E-state index is -0.526. The molecule has 0 aliphatic rings. The largest absolute Gasteiger partial charge is 0.497 e. The summed E-state index contributed by atoms with van der Waals surface area (Å²) in [7, 11) is 1.62. The lowest BCUT2D eigenvalue weighted by atomic mass is 9.96. The Bertz CT molecular complexity index is 668. The van der Waals surface area contributed by atoms with E-state index in [1.165, 1.54) is 0 Å². The van der Waals surface area contributed by atoms with E-state index < -0.39 is 6.10 Å². The Kier molecular flexibility index (Phi) is 7.52. The average molecular weight is 355 g/mol. The molecule has 26 heavy (non-hydrogen) atoms. The van der Waals surface area contributed by atoms with Gasteiger partial charge in [-0.15, -0.1) is 0 Å². The summed E-state index contributed by atoms with van der Waals surface area (Å²) >= 11 is 0. The zero-order valence-electron chi connectivity index (χ0n) is 16.1. The molecule has 2 rings (SSSR count). The number of hydrogen-bond acceptors (Lipinski definition) is 3. The second kappa shape index (κ2) is 9.85. The normalized spacial score (nSPS) is 13.1. The van der Waals surface area contributed by atoms with Crippen molar-refractivity contribution in [1.82, 2.24) is 5.32 Å².